The molecule has 4 unspecified atom stereocenters. The molecule has 3 aliphatic carbocycles. The highest BCUT2D eigenvalue weighted by Gasteiger charge is 2.65. The molecule has 3 rings (SSSR count). The molecule has 0 aliphatic heterocycles. The van der Waals surface area contributed by atoms with Crippen LogP contribution in [0.5, 0.6) is 0 Å². The molecule has 0 saturated heterocycles. The van der Waals surface area contributed by atoms with E-state index in [-0.39, 0.29) is 24.3 Å². The third-order valence-electron chi connectivity index (χ3n) is 5.51. The van der Waals surface area contributed by atoms with Crippen LogP contribution < -0.4 is 16.4 Å². The van der Waals surface area contributed by atoms with Gasteiger partial charge in [0.2, 0.25) is 11.8 Å². The lowest BCUT2D eigenvalue weighted by Gasteiger charge is -2.15. The molecule has 3 aliphatic rings. The second-order valence-electron chi connectivity index (χ2n) is 7.07. The molecular formula is C15H25N3O2. The molecule has 3 saturated carbocycles. The predicted octanol–water partition coefficient (Wildman–Crippen LogP) is 0.247. The zero-order valence-electron chi connectivity index (χ0n) is 12.3. The van der Waals surface area contributed by atoms with Gasteiger partial charge in [0.05, 0.1) is 12.6 Å². The number of hydrogen-bond donors (Lipinski definition) is 3. The number of rotatable bonds is 5. The number of hydrogen-bond acceptors (Lipinski definition) is 3. The Morgan fingerprint density at radius 1 is 1.20 bits per heavy atom. The Labute approximate surface area is 120 Å². The summed E-state index contributed by atoms with van der Waals surface area (Å²) in [6, 6.07) is -0.164. The number of amides is 2. The Hall–Kier alpha value is -1.10. The van der Waals surface area contributed by atoms with Crippen molar-refractivity contribution in [3.63, 3.8) is 0 Å². The van der Waals surface area contributed by atoms with Gasteiger partial charge in [0.25, 0.3) is 0 Å². The van der Waals surface area contributed by atoms with E-state index in [1.165, 1.54) is 19.3 Å². The van der Waals surface area contributed by atoms with E-state index in [0.29, 0.717) is 6.04 Å². The van der Waals surface area contributed by atoms with Gasteiger partial charge in [-0.3, -0.25) is 9.59 Å². The van der Waals surface area contributed by atoms with Gasteiger partial charge >= 0.3 is 0 Å². The van der Waals surface area contributed by atoms with Gasteiger partial charge in [0, 0.05) is 6.04 Å². The minimum atomic E-state index is -0.543. The molecule has 0 heterocycles. The fraction of sp³-hybridized carbons (Fsp3) is 0.867. The van der Waals surface area contributed by atoms with E-state index in [1.54, 1.807) is 0 Å². The Balaban J connectivity index is 1.40. The van der Waals surface area contributed by atoms with Gasteiger partial charge in [-0.05, 0) is 48.9 Å². The smallest absolute Gasteiger partial charge is 0.239 e. The molecule has 0 aromatic heterocycles. The SMILES string of the molecule is CC(C)[C@H](N)C(=O)NCC(=O)NC1C2C3CCC(C3)C12. The summed E-state index contributed by atoms with van der Waals surface area (Å²) >= 11 is 0. The lowest BCUT2D eigenvalue weighted by Crippen LogP contribution is -2.47. The van der Waals surface area contributed by atoms with Crippen LogP contribution in [0.4, 0.5) is 0 Å². The van der Waals surface area contributed by atoms with Crippen LogP contribution in [0.25, 0.3) is 0 Å². The molecule has 3 fully saturated rings. The molecule has 0 aromatic carbocycles. The van der Waals surface area contributed by atoms with Crippen LogP contribution >= 0.6 is 0 Å². The molecular weight excluding hydrogens is 254 g/mol. The maximum Gasteiger partial charge on any atom is 0.239 e. The van der Waals surface area contributed by atoms with Crippen molar-refractivity contribution in [2.24, 2.45) is 35.3 Å². The Morgan fingerprint density at radius 3 is 2.35 bits per heavy atom. The molecule has 0 aromatic rings. The van der Waals surface area contributed by atoms with E-state index in [4.69, 9.17) is 5.73 Å². The van der Waals surface area contributed by atoms with Crippen LogP contribution in [0.2, 0.25) is 0 Å². The molecule has 20 heavy (non-hydrogen) atoms. The van der Waals surface area contributed by atoms with Crippen molar-refractivity contribution in [1.29, 1.82) is 0 Å². The number of nitrogens with one attached hydrogen (secondary N) is 2. The molecule has 0 spiro atoms. The zero-order valence-corrected chi connectivity index (χ0v) is 12.3. The minimum Gasteiger partial charge on any atom is -0.351 e. The van der Waals surface area contributed by atoms with Crippen molar-refractivity contribution >= 4 is 11.8 Å². The summed E-state index contributed by atoms with van der Waals surface area (Å²) in [5, 5.41) is 5.71. The molecule has 2 bridgehead atoms. The van der Waals surface area contributed by atoms with E-state index in [1.807, 2.05) is 13.8 Å². The Morgan fingerprint density at radius 2 is 1.80 bits per heavy atom. The average molecular weight is 279 g/mol. The van der Waals surface area contributed by atoms with Gasteiger partial charge < -0.3 is 16.4 Å². The van der Waals surface area contributed by atoms with Crippen molar-refractivity contribution in [2.45, 2.75) is 45.2 Å². The standard InChI is InChI=1S/C15H25N3O2/c1-7(2)13(16)15(20)17-6-10(19)18-14-11-8-3-4-9(5-8)12(11)14/h7-9,11-14H,3-6,16H2,1-2H3,(H,17,20)(H,18,19)/t8?,9?,11?,12?,13-,14?/m0/s1. The third-order valence-corrected chi connectivity index (χ3v) is 5.51. The van der Waals surface area contributed by atoms with E-state index < -0.39 is 6.04 Å². The van der Waals surface area contributed by atoms with Crippen LogP contribution in [0, 0.1) is 29.6 Å². The van der Waals surface area contributed by atoms with Crippen molar-refractivity contribution < 1.29 is 9.59 Å². The van der Waals surface area contributed by atoms with E-state index in [0.717, 1.165) is 23.7 Å². The molecule has 5 heteroatoms. The highest BCUT2D eigenvalue weighted by atomic mass is 16.2. The summed E-state index contributed by atoms with van der Waals surface area (Å²) in [6.07, 6.45) is 4.07. The first-order valence-corrected chi connectivity index (χ1v) is 7.81. The van der Waals surface area contributed by atoms with E-state index in [9.17, 15) is 9.59 Å². The fourth-order valence-electron chi connectivity index (χ4n) is 4.34. The molecule has 0 radical (unpaired) electrons. The van der Waals surface area contributed by atoms with Gasteiger partial charge in [-0.1, -0.05) is 13.8 Å². The lowest BCUT2D eigenvalue weighted by atomic mass is 10.0. The van der Waals surface area contributed by atoms with Crippen LogP contribution in [0.3, 0.4) is 0 Å². The normalized spacial score (nSPS) is 38.5. The quantitative estimate of drug-likeness (QED) is 0.674. The summed E-state index contributed by atoms with van der Waals surface area (Å²) in [4.78, 5) is 23.6. The number of fused-ring (bicyclic) bond motifs is 5. The number of nitrogens with two attached hydrogens (primary N) is 1. The summed E-state index contributed by atoms with van der Waals surface area (Å²) in [5.74, 6) is 2.91. The van der Waals surface area contributed by atoms with E-state index in [2.05, 4.69) is 10.6 Å². The van der Waals surface area contributed by atoms with Crippen molar-refractivity contribution in [3.8, 4) is 0 Å². The molecule has 112 valence electrons. The number of carbonyl (C=O) groups excluding carboxylic acids is 2. The Bertz CT molecular complexity index is 407. The first kappa shape index (κ1) is 13.9. The second-order valence-corrected chi connectivity index (χ2v) is 7.07. The first-order valence-electron chi connectivity index (χ1n) is 7.81. The van der Waals surface area contributed by atoms with Gasteiger partial charge in [0.1, 0.15) is 0 Å². The summed E-state index contributed by atoms with van der Waals surface area (Å²) in [6.45, 7) is 3.83. The van der Waals surface area contributed by atoms with Gasteiger partial charge in [0.15, 0.2) is 0 Å². The van der Waals surface area contributed by atoms with Crippen LogP contribution in [-0.2, 0) is 9.59 Å². The van der Waals surface area contributed by atoms with Crippen molar-refractivity contribution in [2.75, 3.05) is 6.54 Å². The molecule has 4 N–H and O–H groups in total. The number of carbonyl (C=O) groups is 2. The zero-order chi connectivity index (χ0) is 14.4. The summed E-state index contributed by atoms with van der Waals surface area (Å²) in [5.41, 5.74) is 5.74. The van der Waals surface area contributed by atoms with Crippen molar-refractivity contribution in [1.82, 2.24) is 10.6 Å². The second kappa shape index (κ2) is 5.02. The topological polar surface area (TPSA) is 84.2 Å². The van der Waals surface area contributed by atoms with Crippen molar-refractivity contribution in [3.05, 3.63) is 0 Å². The van der Waals surface area contributed by atoms with Gasteiger partial charge in [-0.25, -0.2) is 0 Å². The predicted molar refractivity (Wildman–Crippen MR) is 75.6 cm³/mol. The van der Waals surface area contributed by atoms with Crippen LogP contribution in [0.1, 0.15) is 33.1 Å². The maximum atomic E-state index is 11.9. The third kappa shape index (κ3) is 2.32. The highest BCUT2D eigenvalue weighted by molar-refractivity contribution is 5.87. The van der Waals surface area contributed by atoms with Crippen LogP contribution in [0.15, 0.2) is 0 Å². The first-order chi connectivity index (χ1) is 9.49. The summed E-state index contributed by atoms with van der Waals surface area (Å²) in [7, 11) is 0. The molecule has 5 atom stereocenters. The Kier molecular flexibility index (Phi) is 3.48. The van der Waals surface area contributed by atoms with Gasteiger partial charge in [-0.2, -0.15) is 0 Å². The fourth-order valence-corrected chi connectivity index (χ4v) is 4.34. The highest BCUT2D eigenvalue weighted by Crippen LogP contribution is 2.65. The monoisotopic (exact) mass is 279 g/mol. The summed E-state index contributed by atoms with van der Waals surface area (Å²) < 4.78 is 0. The largest absolute Gasteiger partial charge is 0.351 e. The van der Waals surface area contributed by atoms with Gasteiger partial charge in [-0.15, -0.1) is 0 Å². The van der Waals surface area contributed by atoms with Crippen LogP contribution in [-0.4, -0.2) is 30.4 Å². The average Bonchev–Trinajstić information content (AvgIpc) is 2.82. The molecule has 2 amide bonds. The maximum absolute atomic E-state index is 11.9. The minimum absolute atomic E-state index is 0.0462. The molecule has 5 nitrogen and oxygen atoms in total. The lowest BCUT2D eigenvalue weighted by molar-refractivity contribution is -0.127. The van der Waals surface area contributed by atoms with E-state index >= 15 is 0 Å².